The molecule has 0 bridgehead atoms. The van der Waals surface area contributed by atoms with Gasteiger partial charge in [0.15, 0.2) is 0 Å². The zero-order chi connectivity index (χ0) is 13.2. The summed E-state index contributed by atoms with van der Waals surface area (Å²) in [6.45, 7) is 0. The lowest BCUT2D eigenvalue weighted by molar-refractivity contribution is 0.144. The number of nitrogen functional groups attached to an aromatic ring is 1. The highest BCUT2D eigenvalue weighted by molar-refractivity contribution is 5.96. The molecule has 0 aliphatic heterocycles. The van der Waals surface area contributed by atoms with Crippen LogP contribution in [0.5, 0.6) is 0 Å². The molecular formula is C17H24N2. The Balaban J connectivity index is 1.94. The van der Waals surface area contributed by atoms with Gasteiger partial charge in [-0.2, -0.15) is 0 Å². The topological polar surface area (TPSA) is 49.9 Å². The lowest BCUT2D eigenvalue weighted by atomic mass is 9.63. The van der Waals surface area contributed by atoms with E-state index in [4.69, 9.17) is 11.1 Å². The van der Waals surface area contributed by atoms with Crippen LogP contribution in [0, 0.1) is 17.2 Å². The first-order valence-corrected chi connectivity index (χ1v) is 7.70. The Bertz CT molecular complexity index is 464. The molecule has 0 amide bonds. The number of hydrogen-bond donors (Lipinski definition) is 2. The molecule has 2 fully saturated rings. The van der Waals surface area contributed by atoms with E-state index in [9.17, 15) is 0 Å². The first kappa shape index (κ1) is 12.7. The molecule has 3 unspecified atom stereocenters. The van der Waals surface area contributed by atoms with E-state index in [0.29, 0.717) is 5.92 Å². The summed E-state index contributed by atoms with van der Waals surface area (Å²) in [7, 11) is 0. The third-order valence-electron chi connectivity index (χ3n) is 5.23. The fraction of sp³-hybridized carbons (Fsp3) is 0.588. The summed E-state index contributed by atoms with van der Waals surface area (Å²) in [5.41, 5.74) is 8.08. The van der Waals surface area contributed by atoms with Crippen LogP contribution in [-0.2, 0) is 0 Å². The van der Waals surface area contributed by atoms with E-state index in [0.717, 1.165) is 17.4 Å². The molecule has 2 heteroatoms. The van der Waals surface area contributed by atoms with Crippen LogP contribution in [0.1, 0.15) is 62.0 Å². The maximum atomic E-state index is 7.80. The van der Waals surface area contributed by atoms with Crippen LogP contribution in [0.2, 0.25) is 0 Å². The lowest BCUT2D eigenvalue weighted by Crippen LogP contribution is -2.31. The average molecular weight is 256 g/mol. The molecular weight excluding hydrogens is 232 g/mol. The molecule has 3 atom stereocenters. The third-order valence-corrected chi connectivity index (χ3v) is 5.23. The zero-order valence-corrected chi connectivity index (χ0v) is 11.6. The molecule has 102 valence electrons. The van der Waals surface area contributed by atoms with Crippen molar-refractivity contribution < 1.29 is 0 Å². The van der Waals surface area contributed by atoms with E-state index in [1.165, 1.54) is 50.5 Å². The summed E-state index contributed by atoms with van der Waals surface area (Å²) in [5.74, 6) is 2.63. The summed E-state index contributed by atoms with van der Waals surface area (Å²) in [4.78, 5) is 0. The molecule has 3 N–H and O–H groups in total. The van der Waals surface area contributed by atoms with Crippen molar-refractivity contribution in [3.63, 3.8) is 0 Å². The molecule has 0 radical (unpaired) electrons. The number of nitrogens with one attached hydrogen (secondary N) is 1. The van der Waals surface area contributed by atoms with Gasteiger partial charge in [0, 0.05) is 5.56 Å². The second-order valence-corrected chi connectivity index (χ2v) is 6.25. The molecule has 1 aromatic rings. The Hall–Kier alpha value is -1.31. The maximum Gasteiger partial charge on any atom is 0.123 e. The van der Waals surface area contributed by atoms with E-state index in [1.54, 1.807) is 0 Å². The van der Waals surface area contributed by atoms with Crippen molar-refractivity contribution in [2.75, 3.05) is 0 Å². The Morgan fingerprint density at radius 1 is 1.00 bits per heavy atom. The average Bonchev–Trinajstić information content (AvgIpc) is 2.46. The third kappa shape index (κ3) is 2.41. The van der Waals surface area contributed by atoms with Gasteiger partial charge >= 0.3 is 0 Å². The van der Waals surface area contributed by atoms with Crippen LogP contribution in [0.15, 0.2) is 24.3 Å². The van der Waals surface area contributed by atoms with Crippen LogP contribution in [-0.4, -0.2) is 5.84 Å². The number of benzene rings is 1. The quantitative estimate of drug-likeness (QED) is 0.609. The van der Waals surface area contributed by atoms with E-state index in [1.807, 2.05) is 12.1 Å². The van der Waals surface area contributed by atoms with Gasteiger partial charge < -0.3 is 5.73 Å². The zero-order valence-electron chi connectivity index (χ0n) is 11.6. The van der Waals surface area contributed by atoms with Gasteiger partial charge in [0.1, 0.15) is 5.84 Å². The van der Waals surface area contributed by atoms with Crippen LogP contribution in [0.25, 0.3) is 0 Å². The van der Waals surface area contributed by atoms with Gasteiger partial charge in [0.05, 0.1) is 0 Å². The monoisotopic (exact) mass is 256 g/mol. The molecule has 1 aromatic carbocycles. The predicted molar refractivity (Wildman–Crippen MR) is 79.5 cm³/mol. The molecule has 2 aliphatic carbocycles. The van der Waals surface area contributed by atoms with Crippen molar-refractivity contribution in [3.8, 4) is 0 Å². The van der Waals surface area contributed by atoms with Gasteiger partial charge in [-0.25, -0.2) is 0 Å². The maximum absolute atomic E-state index is 7.80. The van der Waals surface area contributed by atoms with Gasteiger partial charge in [-0.15, -0.1) is 0 Å². The second kappa shape index (κ2) is 5.36. The first-order valence-electron chi connectivity index (χ1n) is 7.70. The van der Waals surface area contributed by atoms with Crippen LogP contribution in [0.3, 0.4) is 0 Å². The van der Waals surface area contributed by atoms with E-state index < -0.39 is 0 Å². The van der Waals surface area contributed by atoms with E-state index in [2.05, 4.69) is 12.1 Å². The van der Waals surface area contributed by atoms with Gasteiger partial charge in [-0.1, -0.05) is 56.4 Å². The molecule has 0 spiro atoms. The molecule has 3 rings (SSSR count). The van der Waals surface area contributed by atoms with E-state index in [-0.39, 0.29) is 5.84 Å². The summed E-state index contributed by atoms with van der Waals surface area (Å²) in [5, 5.41) is 7.80. The molecule has 0 saturated heterocycles. The summed E-state index contributed by atoms with van der Waals surface area (Å²) in [6.07, 6.45) is 9.65. The van der Waals surface area contributed by atoms with Gasteiger partial charge in [0.2, 0.25) is 0 Å². The summed E-state index contributed by atoms with van der Waals surface area (Å²) < 4.78 is 0. The molecule has 19 heavy (non-hydrogen) atoms. The standard InChI is InChI=1S/C17H24N2/c18-17(19)16-10-4-3-9-15(16)14-11-5-7-12-6-1-2-8-13(12)14/h3-4,9-10,12-14H,1-2,5-8,11H2,(H3,18,19). The molecule has 0 heterocycles. The number of amidine groups is 1. The molecule has 2 nitrogen and oxygen atoms in total. The lowest BCUT2D eigenvalue weighted by Gasteiger charge is -2.42. The number of hydrogen-bond acceptors (Lipinski definition) is 1. The number of fused-ring (bicyclic) bond motifs is 1. The SMILES string of the molecule is N=C(N)c1ccccc1C1CCCC2CCCCC21. The highest BCUT2D eigenvalue weighted by Gasteiger charge is 2.36. The minimum absolute atomic E-state index is 0.230. The Morgan fingerprint density at radius 3 is 2.58 bits per heavy atom. The second-order valence-electron chi connectivity index (χ2n) is 6.25. The molecule has 2 saturated carbocycles. The van der Waals surface area contributed by atoms with Crippen molar-refractivity contribution in [1.29, 1.82) is 5.41 Å². The highest BCUT2D eigenvalue weighted by atomic mass is 14.7. The summed E-state index contributed by atoms with van der Waals surface area (Å²) >= 11 is 0. The molecule has 0 aromatic heterocycles. The van der Waals surface area contributed by atoms with Crippen LogP contribution in [0.4, 0.5) is 0 Å². The fourth-order valence-electron chi connectivity index (χ4n) is 4.39. The van der Waals surface area contributed by atoms with Crippen molar-refractivity contribution in [2.24, 2.45) is 17.6 Å². The van der Waals surface area contributed by atoms with E-state index >= 15 is 0 Å². The minimum Gasteiger partial charge on any atom is -0.384 e. The van der Waals surface area contributed by atoms with Crippen LogP contribution < -0.4 is 5.73 Å². The fourth-order valence-corrected chi connectivity index (χ4v) is 4.39. The Labute approximate surface area is 115 Å². The van der Waals surface area contributed by atoms with Crippen molar-refractivity contribution in [1.82, 2.24) is 0 Å². The van der Waals surface area contributed by atoms with Gasteiger partial charge in [0.25, 0.3) is 0 Å². The predicted octanol–water partition coefficient (Wildman–Crippen LogP) is 4.04. The normalized spacial score (nSPS) is 30.6. The van der Waals surface area contributed by atoms with Gasteiger partial charge in [-0.3, -0.25) is 5.41 Å². The van der Waals surface area contributed by atoms with Crippen LogP contribution >= 0.6 is 0 Å². The number of rotatable bonds is 2. The molecule has 2 aliphatic rings. The first-order chi connectivity index (χ1) is 9.27. The smallest absolute Gasteiger partial charge is 0.123 e. The largest absolute Gasteiger partial charge is 0.384 e. The Kier molecular flexibility index (Phi) is 3.58. The number of nitrogens with two attached hydrogens (primary N) is 1. The highest BCUT2D eigenvalue weighted by Crippen LogP contribution is 2.48. The summed E-state index contributed by atoms with van der Waals surface area (Å²) in [6, 6.07) is 8.33. The van der Waals surface area contributed by atoms with Crippen molar-refractivity contribution >= 4 is 5.84 Å². The minimum atomic E-state index is 0.230. The Morgan fingerprint density at radius 2 is 1.74 bits per heavy atom. The van der Waals surface area contributed by atoms with Crippen molar-refractivity contribution in [2.45, 2.75) is 50.9 Å². The van der Waals surface area contributed by atoms with Crippen molar-refractivity contribution in [3.05, 3.63) is 35.4 Å². The van der Waals surface area contributed by atoms with Gasteiger partial charge in [-0.05, 0) is 36.2 Å².